The van der Waals surface area contributed by atoms with Crippen LogP contribution in [0.15, 0.2) is 53.4 Å². The molecule has 1 saturated heterocycles. The van der Waals surface area contributed by atoms with Gasteiger partial charge in [-0.2, -0.15) is 0 Å². The van der Waals surface area contributed by atoms with Crippen LogP contribution in [0.4, 0.5) is 5.69 Å². The van der Waals surface area contributed by atoms with Crippen LogP contribution in [0.25, 0.3) is 6.08 Å². The molecule has 8 heteroatoms. The number of hydrogen-bond donors (Lipinski definition) is 1. The number of amides is 2. The van der Waals surface area contributed by atoms with Crippen LogP contribution in [-0.4, -0.2) is 41.3 Å². The number of carbonyl (C=O) groups excluding carboxylic acids is 2. The van der Waals surface area contributed by atoms with Gasteiger partial charge in [0.25, 0.3) is 5.91 Å². The summed E-state index contributed by atoms with van der Waals surface area (Å²) in [7, 11) is 1.60. The van der Waals surface area contributed by atoms with Crippen molar-refractivity contribution in [2.75, 3.05) is 25.6 Å². The van der Waals surface area contributed by atoms with Gasteiger partial charge in [-0.1, -0.05) is 36.1 Å². The van der Waals surface area contributed by atoms with Gasteiger partial charge in [0.2, 0.25) is 5.91 Å². The van der Waals surface area contributed by atoms with Crippen molar-refractivity contribution in [1.29, 1.82) is 0 Å². The number of nitrogens with one attached hydrogen (secondary N) is 1. The molecule has 2 aromatic rings. The Hall–Kier alpha value is -2.84. The molecule has 0 atom stereocenters. The van der Waals surface area contributed by atoms with Crippen LogP contribution in [0.2, 0.25) is 0 Å². The molecule has 0 unspecified atom stereocenters. The zero-order valence-corrected chi connectivity index (χ0v) is 18.3. The number of anilines is 1. The van der Waals surface area contributed by atoms with Crippen molar-refractivity contribution in [1.82, 2.24) is 4.90 Å². The number of nitrogens with zero attached hydrogens (tertiary/aromatic N) is 1. The first-order chi connectivity index (χ1) is 14.5. The first-order valence-electron chi connectivity index (χ1n) is 9.42. The van der Waals surface area contributed by atoms with E-state index in [9.17, 15) is 9.59 Å². The largest absolute Gasteiger partial charge is 0.497 e. The maximum atomic E-state index is 12.7. The van der Waals surface area contributed by atoms with Crippen molar-refractivity contribution in [3.63, 3.8) is 0 Å². The second-order valence-corrected chi connectivity index (χ2v) is 8.04. The molecule has 156 valence electrons. The third kappa shape index (κ3) is 5.61. The first-order valence-corrected chi connectivity index (χ1v) is 10.6. The second-order valence-electron chi connectivity index (χ2n) is 6.36. The van der Waals surface area contributed by atoms with Crippen molar-refractivity contribution in [2.45, 2.75) is 13.3 Å². The summed E-state index contributed by atoms with van der Waals surface area (Å²) < 4.78 is 11.0. The summed E-state index contributed by atoms with van der Waals surface area (Å²) in [4.78, 5) is 27.0. The lowest BCUT2D eigenvalue weighted by molar-refractivity contribution is -0.122. The standard InChI is InChI=1S/C22H22N2O4S2/c1-3-28-18-10-6-16(7-11-18)23-20(25)12-13-24-21(26)19(30-22(24)29)14-15-4-8-17(27-2)9-5-15/h4-11,14H,3,12-13H2,1-2H3,(H,23,25). The Bertz CT molecular complexity index is 956. The van der Waals surface area contributed by atoms with E-state index >= 15 is 0 Å². The SMILES string of the molecule is CCOc1ccc(NC(=O)CCN2C(=O)C(=Cc3ccc(OC)cc3)SC2=S)cc1. The predicted molar refractivity (Wildman–Crippen MR) is 124 cm³/mol. The van der Waals surface area contributed by atoms with E-state index in [1.807, 2.05) is 31.2 Å². The molecule has 30 heavy (non-hydrogen) atoms. The fraction of sp³-hybridized carbons (Fsp3) is 0.227. The summed E-state index contributed by atoms with van der Waals surface area (Å²) in [6.07, 6.45) is 1.94. The van der Waals surface area contributed by atoms with Crippen LogP contribution in [0, 0.1) is 0 Å². The fourth-order valence-electron chi connectivity index (χ4n) is 2.78. The lowest BCUT2D eigenvalue weighted by atomic mass is 10.2. The maximum Gasteiger partial charge on any atom is 0.266 e. The number of thiocarbonyl (C=S) groups is 1. The number of ether oxygens (including phenoxy) is 2. The van der Waals surface area contributed by atoms with Crippen LogP contribution in [0.5, 0.6) is 11.5 Å². The van der Waals surface area contributed by atoms with E-state index in [-0.39, 0.29) is 24.8 Å². The van der Waals surface area contributed by atoms with E-state index in [4.69, 9.17) is 21.7 Å². The number of hydrogen-bond acceptors (Lipinski definition) is 6. The molecule has 1 aliphatic rings. The van der Waals surface area contributed by atoms with Crippen LogP contribution in [-0.2, 0) is 9.59 Å². The number of carbonyl (C=O) groups is 2. The predicted octanol–water partition coefficient (Wildman–Crippen LogP) is 4.32. The second kappa shape index (κ2) is 10.3. The molecule has 3 rings (SSSR count). The number of benzene rings is 2. The molecular formula is C22H22N2O4S2. The van der Waals surface area contributed by atoms with Gasteiger partial charge in [0.15, 0.2) is 0 Å². The Labute approximate surface area is 185 Å². The maximum absolute atomic E-state index is 12.7. The lowest BCUT2D eigenvalue weighted by Crippen LogP contribution is -2.31. The highest BCUT2D eigenvalue weighted by atomic mass is 32.2. The van der Waals surface area contributed by atoms with Crippen LogP contribution < -0.4 is 14.8 Å². The Balaban J connectivity index is 1.55. The minimum atomic E-state index is -0.188. The molecule has 1 heterocycles. The van der Waals surface area contributed by atoms with Crippen molar-refractivity contribution in [3.8, 4) is 11.5 Å². The van der Waals surface area contributed by atoms with E-state index < -0.39 is 0 Å². The number of rotatable bonds is 8. The molecule has 1 fully saturated rings. The van der Waals surface area contributed by atoms with Crippen molar-refractivity contribution in [2.24, 2.45) is 0 Å². The Kier molecular flexibility index (Phi) is 7.48. The Morgan fingerprint density at radius 3 is 2.43 bits per heavy atom. The minimum Gasteiger partial charge on any atom is -0.497 e. The third-order valence-corrected chi connectivity index (χ3v) is 5.68. The molecule has 0 spiro atoms. The Morgan fingerprint density at radius 2 is 1.80 bits per heavy atom. The fourth-order valence-corrected chi connectivity index (χ4v) is 4.09. The molecule has 6 nitrogen and oxygen atoms in total. The van der Waals surface area contributed by atoms with Crippen molar-refractivity contribution >= 4 is 51.9 Å². The quantitative estimate of drug-likeness (QED) is 0.485. The van der Waals surface area contributed by atoms with Gasteiger partial charge in [-0.25, -0.2) is 0 Å². The first kappa shape index (κ1) is 21.9. The van der Waals surface area contributed by atoms with Crippen molar-refractivity contribution in [3.05, 3.63) is 59.0 Å². The summed E-state index contributed by atoms with van der Waals surface area (Å²) >= 11 is 6.57. The molecular weight excluding hydrogens is 420 g/mol. The zero-order valence-electron chi connectivity index (χ0n) is 16.7. The summed E-state index contributed by atoms with van der Waals surface area (Å²) in [5.74, 6) is 1.12. The molecule has 2 amide bonds. The van der Waals surface area contributed by atoms with E-state index in [1.54, 1.807) is 37.5 Å². The molecule has 1 aliphatic heterocycles. The van der Waals surface area contributed by atoms with Crippen LogP contribution in [0.1, 0.15) is 18.9 Å². The Morgan fingerprint density at radius 1 is 1.13 bits per heavy atom. The van der Waals surface area contributed by atoms with Gasteiger partial charge < -0.3 is 14.8 Å². The summed E-state index contributed by atoms with van der Waals surface area (Å²) in [6.45, 7) is 2.73. The zero-order chi connectivity index (χ0) is 21.5. The average molecular weight is 443 g/mol. The molecule has 0 aromatic heterocycles. The van der Waals surface area contributed by atoms with Gasteiger partial charge in [0.05, 0.1) is 18.6 Å². The topological polar surface area (TPSA) is 67.9 Å². The highest BCUT2D eigenvalue weighted by Gasteiger charge is 2.32. The van der Waals surface area contributed by atoms with Gasteiger partial charge >= 0.3 is 0 Å². The molecule has 2 aromatic carbocycles. The molecule has 0 saturated carbocycles. The summed E-state index contributed by atoms with van der Waals surface area (Å²) in [5, 5.41) is 2.82. The summed E-state index contributed by atoms with van der Waals surface area (Å²) in [6, 6.07) is 14.6. The lowest BCUT2D eigenvalue weighted by Gasteiger charge is -2.14. The monoisotopic (exact) mass is 442 g/mol. The summed E-state index contributed by atoms with van der Waals surface area (Å²) in [5.41, 5.74) is 1.55. The number of methoxy groups -OCH3 is 1. The van der Waals surface area contributed by atoms with E-state index in [2.05, 4.69) is 5.32 Å². The third-order valence-electron chi connectivity index (χ3n) is 4.30. The molecule has 0 bridgehead atoms. The van der Waals surface area contributed by atoms with Crippen LogP contribution in [0.3, 0.4) is 0 Å². The van der Waals surface area contributed by atoms with Crippen molar-refractivity contribution < 1.29 is 19.1 Å². The average Bonchev–Trinajstić information content (AvgIpc) is 3.01. The van der Waals surface area contributed by atoms with Gasteiger partial charge in [-0.15, -0.1) is 0 Å². The van der Waals surface area contributed by atoms with Gasteiger partial charge in [-0.3, -0.25) is 14.5 Å². The van der Waals surface area contributed by atoms with E-state index in [1.165, 1.54) is 16.7 Å². The van der Waals surface area contributed by atoms with Crippen LogP contribution >= 0.6 is 24.0 Å². The highest BCUT2D eigenvalue weighted by Crippen LogP contribution is 2.32. The number of thioether (sulfide) groups is 1. The highest BCUT2D eigenvalue weighted by molar-refractivity contribution is 8.26. The smallest absolute Gasteiger partial charge is 0.266 e. The van der Waals surface area contributed by atoms with E-state index in [0.29, 0.717) is 21.5 Å². The molecule has 0 radical (unpaired) electrons. The normalized spacial score (nSPS) is 14.9. The minimum absolute atomic E-state index is 0.148. The molecule has 1 N–H and O–H groups in total. The van der Waals surface area contributed by atoms with Gasteiger partial charge in [-0.05, 0) is 55.0 Å². The van der Waals surface area contributed by atoms with Gasteiger partial charge in [0.1, 0.15) is 15.8 Å². The molecule has 0 aliphatic carbocycles. The van der Waals surface area contributed by atoms with E-state index in [0.717, 1.165) is 17.1 Å². The van der Waals surface area contributed by atoms with Gasteiger partial charge in [0, 0.05) is 18.7 Å².